The molecular weight excluding hydrogens is 356 g/mol. The number of rotatable bonds is 7. The Balaban J connectivity index is 2.15. The Labute approximate surface area is 157 Å². The van der Waals surface area contributed by atoms with Crippen LogP contribution in [0.15, 0.2) is 36.4 Å². The number of ether oxygens (including phenoxy) is 3. The Bertz CT molecular complexity index is 799. The van der Waals surface area contributed by atoms with Crippen molar-refractivity contribution in [3.8, 4) is 11.5 Å². The highest BCUT2D eigenvalue weighted by atomic mass is 35.5. The molecule has 0 saturated carbocycles. The van der Waals surface area contributed by atoms with Crippen molar-refractivity contribution in [2.75, 3.05) is 14.2 Å². The molecule has 2 aromatic rings. The lowest BCUT2D eigenvalue weighted by molar-refractivity contribution is 0.0318. The third kappa shape index (κ3) is 4.35. The Kier molecular flexibility index (Phi) is 6.64. The predicted octanol–water partition coefficient (Wildman–Crippen LogP) is 4.35. The number of esters is 1. The quantitative estimate of drug-likeness (QED) is 0.531. The average molecular weight is 377 g/mol. The standard InChI is InChI=1S/C20H21ClO5/c1-5-13-6-8-14(9-7-13)18(22)12(2)26-20(23)15-10-16(21)19(25-4)17(11-15)24-3/h6-12H,5H2,1-4H3/t12-/m0/s1. The molecule has 2 rings (SSSR count). The Morgan fingerprint density at radius 2 is 1.69 bits per heavy atom. The van der Waals surface area contributed by atoms with Gasteiger partial charge in [0.1, 0.15) is 0 Å². The third-order valence-electron chi connectivity index (χ3n) is 3.97. The number of halogens is 1. The fourth-order valence-electron chi connectivity index (χ4n) is 2.46. The maximum atomic E-state index is 12.5. The topological polar surface area (TPSA) is 61.8 Å². The van der Waals surface area contributed by atoms with Crippen LogP contribution in [0.3, 0.4) is 0 Å². The second kappa shape index (κ2) is 8.72. The van der Waals surface area contributed by atoms with E-state index in [9.17, 15) is 9.59 Å². The molecule has 138 valence electrons. The van der Waals surface area contributed by atoms with E-state index in [4.69, 9.17) is 25.8 Å². The Morgan fingerprint density at radius 3 is 2.23 bits per heavy atom. The van der Waals surface area contributed by atoms with Crippen LogP contribution >= 0.6 is 11.6 Å². The number of hydrogen-bond donors (Lipinski definition) is 0. The van der Waals surface area contributed by atoms with Crippen LogP contribution in [0.25, 0.3) is 0 Å². The first-order chi connectivity index (χ1) is 12.4. The lowest BCUT2D eigenvalue weighted by Gasteiger charge is -2.14. The summed E-state index contributed by atoms with van der Waals surface area (Å²) in [6.07, 6.45) is -0.0409. The van der Waals surface area contributed by atoms with Crippen molar-refractivity contribution in [2.45, 2.75) is 26.4 Å². The van der Waals surface area contributed by atoms with Crippen LogP contribution in [0.5, 0.6) is 11.5 Å². The SMILES string of the molecule is CCc1ccc(C(=O)[C@H](C)OC(=O)c2cc(Cl)c(OC)c(OC)c2)cc1. The van der Waals surface area contributed by atoms with Crippen LogP contribution in [0.1, 0.15) is 40.1 Å². The van der Waals surface area contributed by atoms with Gasteiger partial charge in [0.05, 0.1) is 24.8 Å². The van der Waals surface area contributed by atoms with Crippen molar-refractivity contribution in [3.05, 3.63) is 58.1 Å². The van der Waals surface area contributed by atoms with Gasteiger partial charge < -0.3 is 14.2 Å². The molecule has 0 heterocycles. The van der Waals surface area contributed by atoms with E-state index >= 15 is 0 Å². The highest BCUT2D eigenvalue weighted by molar-refractivity contribution is 6.32. The Morgan fingerprint density at radius 1 is 1.04 bits per heavy atom. The molecule has 0 fully saturated rings. The summed E-state index contributed by atoms with van der Waals surface area (Å²) in [5, 5.41) is 0.216. The summed E-state index contributed by atoms with van der Waals surface area (Å²) in [4.78, 5) is 24.8. The van der Waals surface area contributed by atoms with Crippen molar-refractivity contribution in [3.63, 3.8) is 0 Å². The van der Waals surface area contributed by atoms with E-state index < -0.39 is 12.1 Å². The maximum Gasteiger partial charge on any atom is 0.339 e. The van der Waals surface area contributed by atoms with Gasteiger partial charge >= 0.3 is 5.97 Å². The number of carbonyl (C=O) groups is 2. The summed E-state index contributed by atoms with van der Waals surface area (Å²) < 4.78 is 15.6. The molecular formula is C20H21ClO5. The van der Waals surface area contributed by atoms with Gasteiger partial charge in [-0.25, -0.2) is 4.79 Å². The molecule has 5 nitrogen and oxygen atoms in total. The van der Waals surface area contributed by atoms with Crippen LogP contribution in [0.4, 0.5) is 0 Å². The smallest absolute Gasteiger partial charge is 0.339 e. The molecule has 0 spiro atoms. The molecule has 0 bridgehead atoms. The maximum absolute atomic E-state index is 12.5. The average Bonchev–Trinajstić information content (AvgIpc) is 2.66. The van der Waals surface area contributed by atoms with Crippen LogP contribution in [0.2, 0.25) is 5.02 Å². The van der Waals surface area contributed by atoms with Gasteiger partial charge in [0.25, 0.3) is 0 Å². The van der Waals surface area contributed by atoms with Gasteiger partial charge in [0.15, 0.2) is 17.6 Å². The summed E-state index contributed by atoms with van der Waals surface area (Å²) in [7, 11) is 2.89. The minimum Gasteiger partial charge on any atom is -0.493 e. The number of Topliss-reactive ketones (excluding diaryl/α,β-unsaturated/α-hetero) is 1. The zero-order valence-corrected chi connectivity index (χ0v) is 15.9. The second-order valence-corrected chi connectivity index (χ2v) is 6.06. The molecule has 26 heavy (non-hydrogen) atoms. The predicted molar refractivity (Wildman–Crippen MR) is 99.6 cm³/mol. The lowest BCUT2D eigenvalue weighted by Crippen LogP contribution is -2.24. The van der Waals surface area contributed by atoms with Crippen molar-refractivity contribution in [1.82, 2.24) is 0 Å². The van der Waals surface area contributed by atoms with Gasteiger partial charge in [0, 0.05) is 5.56 Å². The minimum atomic E-state index is -0.929. The van der Waals surface area contributed by atoms with E-state index in [0.717, 1.165) is 12.0 Å². The molecule has 0 aliphatic heterocycles. The second-order valence-electron chi connectivity index (χ2n) is 5.66. The minimum absolute atomic E-state index is 0.175. The third-order valence-corrected chi connectivity index (χ3v) is 4.25. The van der Waals surface area contributed by atoms with Crippen LogP contribution in [0, 0.1) is 0 Å². The van der Waals surface area contributed by atoms with E-state index in [1.165, 1.54) is 33.3 Å². The highest BCUT2D eigenvalue weighted by Crippen LogP contribution is 2.36. The molecule has 0 amide bonds. The highest BCUT2D eigenvalue weighted by Gasteiger charge is 2.22. The summed E-state index contributed by atoms with van der Waals surface area (Å²) in [5.74, 6) is -0.307. The van der Waals surface area contributed by atoms with Gasteiger partial charge in [0.2, 0.25) is 5.78 Å². The van der Waals surface area contributed by atoms with Gasteiger partial charge in [-0.3, -0.25) is 4.79 Å². The zero-order chi connectivity index (χ0) is 19.3. The summed E-state index contributed by atoms with van der Waals surface area (Å²) in [6.45, 7) is 3.58. The number of hydrogen-bond acceptors (Lipinski definition) is 5. The number of benzene rings is 2. The molecule has 0 N–H and O–H groups in total. The van der Waals surface area contributed by atoms with Crippen molar-refractivity contribution >= 4 is 23.4 Å². The van der Waals surface area contributed by atoms with Crippen molar-refractivity contribution in [1.29, 1.82) is 0 Å². The van der Waals surface area contributed by atoms with E-state index in [2.05, 4.69) is 0 Å². The first-order valence-corrected chi connectivity index (χ1v) is 8.54. The van der Waals surface area contributed by atoms with Crippen LogP contribution < -0.4 is 9.47 Å². The van der Waals surface area contributed by atoms with Gasteiger partial charge in [-0.1, -0.05) is 42.8 Å². The number of carbonyl (C=O) groups excluding carboxylic acids is 2. The zero-order valence-electron chi connectivity index (χ0n) is 15.2. The van der Waals surface area contributed by atoms with Crippen molar-refractivity contribution < 1.29 is 23.8 Å². The van der Waals surface area contributed by atoms with E-state index in [-0.39, 0.29) is 16.4 Å². The fraction of sp³-hybridized carbons (Fsp3) is 0.300. The number of ketones is 1. The van der Waals surface area contributed by atoms with E-state index in [0.29, 0.717) is 17.1 Å². The molecule has 0 saturated heterocycles. The molecule has 2 aromatic carbocycles. The molecule has 0 aliphatic carbocycles. The largest absolute Gasteiger partial charge is 0.493 e. The van der Waals surface area contributed by atoms with Crippen molar-refractivity contribution in [2.24, 2.45) is 0 Å². The molecule has 0 aliphatic rings. The first-order valence-electron chi connectivity index (χ1n) is 8.16. The fourth-order valence-corrected chi connectivity index (χ4v) is 2.75. The molecule has 0 radical (unpaired) electrons. The number of aryl methyl sites for hydroxylation is 1. The van der Waals surface area contributed by atoms with E-state index in [1.807, 2.05) is 19.1 Å². The summed E-state index contributed by atoms with van der Waals surface area (Å²) >= 11 is 6.10. The van der Waals surface area contributed by atoms with Gasteiger partial charge in [-0.15, -0.1) is 0 Å². The summed E-state index contributed by atoms with van der Waals surface area (Å²) in [5.41, 5.74) is 1.80. The molecule has 6 heteroatoms. The van der Waals surface area contributed by atoms with E-state index in [1.54, 1.807) is 12.1 Å². The normalized spacial score (nSPS) is 11.6. The van der Waals surface area contributed by atoms with Gasteiger partial charge in [-0.05, 0) is 31.0 Å². The Hall–Kier alpha value is -2.53. The summed E-state index contributed by atoms with van der Waals surface area (Å²) in [6, 6.07) is 10.1. The van der Waals surface area contributed by atoms with Crippen LogP contribution in [-0.2, 0) is 11.2 Å². The monoisotopic (exact) mass is 376 g/mol. The molecule has 0 aromatic heterocycles. The first kappa shape index (κ1) is 19.8. The van der Waals surface area contributed by atoms with Gasteiger partial charge in [-0.2, -0.15) is 0 Å². The number of methoxy groups -OCH3 is 2. The lowest BCUT2D eigenvalue weighted by atomic mass is 10.0. The molecule has 1 atom stereocenters. The van der Waals surface area contributed by atoms with Crippen LogP contribution in [-0.4, -0.2) is 32.1 Å². The molecule has 0 unspecified atom stereocenters.